The number of nitrogens with zero attached hydrogens (tertiary/aromatic N) is 3. The molecular weight excluding hydrogens is 475 g/mol. The summed E-state index contributed by atoms with van der Waals surface area (Å²) >= 11 is 3.34. The number of hydrogen-bond acceptors (Lipinski definition) is 4. The zero-order valence-corrected chi connectivity index (χ0v) is 17.7. The molecule has 1 aromatic heterocycles. The molecule has 158 valence electrons. The van der Waals surface area contributed by atoms with Crippen LogP contribution in [0.3, 0.4) is 0 Å². The molecule has 0 radical (unpaired) electrons. The third-order valence-corrected chi connectivity index (χ3v) is 5.07. The molecule has 0 saturated carbocycles. The standard InChI is InChI=1S/C22H15BrF3N3O2/c1-31-16-8-6-14(7-9-16)10-21(30)29(19-5-3-2-4-17(19)23)20-11-15(22(24,25)26)13-28-18(20)12-27/h2-9,11,13H,10H2,1H3. The number of pyridine rings is 1. The Hall–Kier alpha value is -3.38. The van der Waals surface area contributed by atoms with Crippen LogP contribution in [-0.2, 0) is 17.4 Å². The van der Waals surface area contributed by atoms with E-state index in [4.69, 9.17) is 4.74 Å². The zero-order valence-electron chi connectivity index (χ0n) is 16.2. The monoisotopic (exact) mass is 489 g/mol. The summed E-state index contributed by atoms with van der Waals surface area (Å²) in [7, 11) is 1.51. The minimum atomic E-state index is -4.69. The molecule has 0 aliphatic rings. The molecule has 0 bridgehead atoms. The Labute approximate surface area is 184 Å². The number of halogens is 4. The summed E-state index contributed by atoms with van der Waals surface area (Å²) in [4.78, 5) is 18.0. The molecule has 0 N–H and O–H groups in total. The smallest absolute Gasteiger partial charge is 0.417 e. The lowest BCUT2D eigenvalue weighted by Gasteiger charge is -2.25. The molecule has 31 heavy (non-hydrogen) atoms. The summed E-state index contributed by atoms with van der Waals surface area (Å²) in [6.07, 6.45) is -4.23. The second kappa shape index (κ2) is 9.18. The first-order valence-corrected chi connectivity index (χ1v) is 9.71. The van der Waals surface area contributed by atoms with Crippen LogP contribution in [0.4, 0.5) is 24.5 Å². The van der Waals surface area contributed by atoms with Crippen LogP contribution in [0.5, 0.6) is 5.75 Å². The molecule has 3 rings (SSSR count). The molecule has 9 heteroatoms. The predicted octanol–water partition coefficient (Wildman–Crippen LogP) is 5.65. The Morgan fingerprint density at radius 3 is 2.42 bits per heavy atom. The van der Waals surface area contributed by atoms with Gasteiger partial charge in [0.05, 0.1) is 30.5 Å². The van der Waals surface area contributed by atoms with Crippen LogP contribution in [0.1, 0.15) is 16.8 Å². The van der Waals surface area contributed by atoms with Crippen LogP contribution in [0.25, 0.3) is 0 Å². The Bertz CT molecular complexity index is 1140. The van der Waals surface area contributed by atoms with Gasteiger partial charge in [-0.1, -0.05) is 24.3 Å². The van der Waals surface area contributed by atoms with Crippen molar-refractivity contribution in [1.82, 2.24) is 4.98 Å². The molecule has 0 atom stereocenters. The van der Waals surface area contributed by atoms with Gasteiger partial charge in [0.15, 0.2) is 5.69 Å². The van der Waals surface area contributed by atoms with Gasteiger partial charge in [0.2, 0.25) is 5.91 Å². The molecular formula is C22H15BrF3N3O2. The summed E-state index contributed by atoms with van der Waals surface area (Å²) in [5.74, 6) is 0.0717. The van der Waals surface area contributed by atoms with Crippen molar-refractivity contribution in [1.29, 1.82) is 5.26 Å². The van der Waals surface area contributed by atoms with E-state index in [2.05, 4.69) is 20.9 Å². The third-order valence-electron chi connectivity index (χ3n) is 4.40. The van der Waals surface area contributed by atoms with E-state index in [9.17, 15) is 23.2 Å². The second-order valence-corrected chi connectivity index (χ2v) is 7.26. The zero-order chi connectivity index (χ0) is 22.6. The first-order valence-electron chi connectivity index (χ1n) is 8.92. The van der Waals surface area contributed by atoms with Crippen molar-refractivity contribution in [2.24, 2.45) is 0 Å². The SMILES string of the molecule is COc1ccc(CC(=O)N(c2ccccc2Br)c2cc(C(F)(F)F)cnc2C#N)cc1. The normalized spacial score (nSPS) is 11.0. The number of methoxy groups -OCH3 is 1. The van der Waals surface area contributed by atoms with E-state index < -0.39 is 17.6 Å². The maximum Gasteiger partial charge on any atom is 0.417 e. The lowest BCUT2D eigenvalue weighted by molar-refractivity contribution is -0.137. The fraction of sp³-hybridized carbons (Fsp3) is 0.136. The van der Waals surface area contributed by atoms with Crippen LogP contribution in [-0.4, -0.2) is 18.0 Å². The van der Waals surface area contributed by atoms with Crippen molar-refractivity contribution in [3.63, 3.8) is 0 Å². The van der Waals surface area contributed by atoms with E-state index in [0.717, 1.165) is 11.0 Å². The number of benzene rings is 2. The maximum absolute atomic E-state index is 13.3. The summed E-state index contributed by atoms with van der Waals surface area (Å²) < 4.78 is 45.5. The van der Waals surface area contributed by atoms with Gasteiger partial charge in [-0.05, 0) is 51.8 Å². The lowest BCUT2D eigenvalue weighted by atomic mass is 10.1. The highest BCUT2D eigenvalue weighted by molar-refractivity contribution is 9.10. The molecule has 1 heterocycles. The number of aromatic nitrogens is 1. The van der Waals surface area contributed by atoms with Gasteiger partial charge in [-0.15, -0.1) is 0 Å². The fourth-order valence-electron chi connectivity index (χ4n) is 2.89. The minimum absolute atomic E-state index is 0.119. The van der Waals surface area contributed by atoms with Gasteiger partial charge in [0.1, 0.15) is 11.8 Å². The number of carbonyl (C=O) groups excluding carboxylic acids is 1. The minimum Gasteiger partial charge on any atom is -0.497 e. The maximum atomic E-state index is 13.3. The van der Waals surface area contributed by atoms with Gasteiger partial charge in [0.25, 0.3) is 0 Å². The first-order chi connectivity index (χ1) is 14.7. The van der Waals surface area contributed by atoms with Crippen LogP contribution >= 0.6 is 15.9 Å². The van der Waals surface area contributed by atoms with E-state index in [1.54, 1.807) is 54.6 Å². The number of anilines is 2. The molecule has 0 aliphatic heterocycles. The van der Waals surface area contributed by atoms with Crippen molar-refractivity contribution in [3.05, 3.63) is 82.1 Å². The van der Waals surface area contributed by atoms with Gasteiger partial charge >= 0.3 is 6.18 Å². The number of amides is 1. The van der Waals surface area contributed by atoms with Gasteiger partial charge in [-0.2, -0.15) is 18.4 Å². The van der Waals surface area contributed by atoms with Crippen LogP contribution < -0.4 is 9.64 Å². The molecule has 0 fully saturated rings. The average Bonchev–Trinajstić information content (AvgIpc) is 2.75. The number of para-hydroxylation sites is 1. The predicted molar refractivity (Wildman–Crippen MR) is 112 cm³/mol. The average molecular weight is 490 g/mol. The second-order valence-electron chi connectivity index (χ2n) is 6.41. The van der Waals surface area contributed by atoms with Crippen molar-refractivity contribution >= 4 is 33.2 Å². The fourth-order valence-corrected chi connectivity index (χ4v) is 3.36. The first kappa shape index (κ1) is 22.3. The Morgan fingerprint density at radius 2 is 1.84 bits per heavy atom. The number of alkyl halides is 3. The summed E-state index contributed by atoms with van der Waals surface area (Å²) in [6.45, 7) is 0. The molecule has 0 saturated heterocycles. The Balaban J connectivity index is 2.12. The number of ether oxygens (including phenoxy) is 1. The number of rotatable bonds is 5. The summed E-state index contributed by atoms with van der Waals surface area (Å²) in [5, 5.41) is 9.45. The molecule has 0 spiro atoms. The third kappa shape index (κ3) is 5.03. The highest BCUT2D eigenvalue weighted by atomic mass is 79.9. The van der Waals surface area contributed by atoms with E-state index in [1.165, 1.54) is 7.11 Å². The van der Waals surface area contributed by atoms with Gasteiger partial charge < -0.3 is 4.74 Å². The summed E-state index contributed by atoms with van der Waals surface area (Å²) in [5.41, 5.74) is -0.690. The van der Waals surface area contributed by atoms with Crippen molar-refractivity contribution in [2.75, 3.05) is 12.0 Å². The number of carbonyl (C=O) groups is 1. The molecule has 1 amide bonds. The van der Waals surface area contributed by atoms with E-state index in [-0.39, 0.29) is 17.8 Å². The van der Waals surface area contributed by atoms with Gasteiger partial charge in [-0.3, -0.25) is 9.69 Å². The largest absolute Gasteiger partial charge is 0.497 e. The highest BCUT2D eigenvalue weighted by Crippen LogP contribution is 2.37. The Morgan fingerprint density at radius 1 is 1.16 bits per heavy atom. The van der Waals surface area contributed by atoms with E-state index in [1.807, 2.05) is 0 Å². The molecule has 2 aromatic carbocycles. The van der Waals surface area contributed by atoms with Crippen molar-refractivity contribution < 1.29 is 22.7 Å². The van der Waals surface area contributed by atoms with Crippen molar-refractivity contribution in [2.45, 2.75) is 12.6 Å². The Kier molecular flexibility index (Phi) is 6.61. The van der Waals surface area contributed by atoms with Crippen LogP contribution in [0, 0.1) is 11.3 Å². The van der Waals surface area contributed by atoms with E-state index >= 15 is 0 Å². The van der Waals surface area contributed by atoms with Gasteiger partial charge in [0, 0.05) is 10.7 Å². The molecule has 0 aliphatic carbocycles. The van der Waals surface area contributed by atoms with E-state index in [0.29, 0.717) is 27.7 Å². The topological polar surface area (TPSA) is 66.2 Å². The van der Waals surface area contributed by atoms with Crippen molar-refractivity contribution in [3.8, 4) is 11.8 Å². The van der Waals surface area contributed by atoms with Gasteiger partial charge in [-0.25, -0.2) is 4.98 Å². The molecule has 0 unspecified atom stereocenters. The highest BCUT2D eigenvalue weighted by Gasteiger charge is 2.34. The molecule has 3 aromatic rings. The van der Waals surface area contributed by atoms with Crippen LogP contribution in [0.15, 0.2) is 65.3 Å². The lowest BCUT2D eigenvalue weighted by Crippen LogP contribution is -2.29. The number of hydrogen-bond donors (Lipinski definition) is 0. The number of nitriles is 1. The van der Waals surface area contributed by atoms with Crippen LogP contribution in [0.2, 0.25) is 0 Å². The summed E-state index contributed by atoms with van der Waals surface area (Å²) in [6, 6.07) is 15.8. The quantitative estimate of drug-likeness (QED) is 0.464. The molecule has 5 nitrogen and oxygen atoms in total.